The van der Waals surface area contributed by atoms with E-state index in [4.69, 9.17) is 9.98 Å². The van der Waals surface area contributed by atoms with Crippen LogP contribution >= 0.6 is 0 Å². The second kappa shape index (κ2) is 27.4. The molecule has 2 rings (SSSR count). The summed E-state index contributed by atoms with van der Waals surface area (Å²) in [5, 5.41) is 0. The maximum atomic E-state index is 5.25. The Balaban J connectivity index is 0.0000101. The van der Waals surface area contributed by atoms with E-state index in [9.17, 15) is 0 Å². The van der Waals surface area contributed by atoms with Crippen molar-refractivity contribution in [3.8, 4) is 0 Å². The molecule has 256 valence electrons. The molecule has 0 heterocycles. The molecule has 0 unspecified atom stereocenters. The number of unbranched alkanes of at least 4 members (excludes halogenated alkanes) is 13. The van der Waals surface area contributed by atoms with Crippen LogP contribution in [0.4, 0.5) is 11.4 Å². The number of aryl methyl sites for hydroxylation is 4. The molecule has 0 atom stereocenters. The van der Waals surface area contributed by atoms with Crippen molar-refractivity contribution in [2.24, 2.45) is 9.98 Å². The number of aliphatic imine (C=N–C) groups is 2. The first-order chi connectivity index (χ1) is 21.6. The normalized spacial score (nSPS) is 11.8. The maximum absolute atomic E-state index is 5.25. The SMILES string of the molecule is CCCCCCCCC(C=Nc1ccc(CCCCC)c(CCCCC)c1)=Nc1ccc(CCCCC)c(CCCCC)c1.[Ni]. The molecule has 0 saturated carbocycles. The van der Waals surface area contributed by atoms with Crippen molar-refractivity contribution in [3.63, 3.8) is 0 Å². The number of hydrogen-bond donors (Lipinski definition) is 0. The predicted octanol–water partition coefficient (Wildman–Crippen LogP) is 13.8. The molecule has 0 aromatic heterocycles. The van der Waals surface area contributed by atoms with Gasteiger partial charge < -0.3 is 0 Å². The number of rotatable bonds is 26. The van der Waals surface area contributed by atoms with Crippen molar-refractivity contribution in [1.29, 1.82) is 0 Å². The summed E-state index contributed by atoms with van der Waals surface area (Å²) in [5.41, 5.74) is 9.40. The van der Waals surface area contributed by atoms with Crippen LogP contribution in [0, 0.1) is 0 Å². The topological polar surface area (TPSA) is 24.7 Å². The Morgan fingerprint density at radius 2 is 0.867 bits per heavy atom. The van der Waals surface area contributed by atoms with Crippen LogP contribution in [-0.4, -0.2) is 11.9 Å². The first kappa shape index (κ1) is 41.3. The zero-order chi connectivity index (χ0) is 31.7. The summed E-state index contributed by atoms with van der Waals surface area (Å²) in [6, 6.07) is 14.0. The van der Waals surface area contributed by atoms with Gasteiger partial charge in [0, 0.05) is 22.7 Å². The molecule has 0 spiro atoms. The number of benzene rings is 2. The van der Waals surface area contributed by atoms with E-state index in [1.807, 2.05) is 0 Å². The van der Waals surface area contributed by atoms with Crippen LogP contribution in [0.15, 0.2) is 46.4 Å². The molecule has 3 heteroatoms. The zero-order valence-electron chi connectivity index (χ0n) is 30.0. The monoisotopic (exact) mass is 658 g/mol. The fraction of sp³-hybridized carbons (Fsp3) is 0.667. The smallest absolute Gasteiger partial charge is 0.0636 e. The zero-order valence-corrected chi connectivity index (χ0v) is 31.0. The molecule has 2 nitrogen and oxygen atoms in total. The van der Waals surface area contributed by atoms with Gasteiger partial charge in [0.1, 0.15) is 0 Å². The molecule has 0 amide bonds. The van der Waals surface area contributed by atoms with E-state index in [1.54, 1.807) is 0 Å². The van der Waals surface area contributed by atoms with E-state index < -0.39 is 0 Å². The van der Waals surface area contributed by atoms with Crippen molar-refractivity contribution < 1.29 is 16.5 Å². The summed E-state index contributed by atoms with van der Waals surface area (Å²) in [5.74, 6) is 0. The van der Waals surface area contributed by atoms with Gasteiger partial charge in [0.15, 0.2) is 0 Å². The van der Waals surface area contributed by atoms with Crippen molar-refractivity contribution >= 4 is 23.3 Å². The van der Waals surface area contributed by atoms with Crippen molar-refractivity contribution in [1.82, 2.24) is 0 Å². The largest absolute Gasteiger partial charge is 0.255 e. The molecule has 0 fully saturated rings. The van der Waals surface area contributed by atoms with Gasteiger partial charge in [-0.3, -0.25) is 9.98 Å². The summed E-state index contributed by atoms with van der Waals surface area (Å²) in [6.45, 7) is 11.5. The first-order valence-corrected chi connectivity index (χ1v) is 19.0. The van der Waals surface area contributed by atoms with E-state index in [-0.39, 0.29) is 16.5 Å². The summed E-state index contributed by atoms with van der Waals surface area (Å²) in [6.07, 6.45) is 31.0. The molecule has 0 saturated heterocycles. The van der Waals surface area contributed by atoms with Crippen molar-refractivity contribution in [3.05, 3.63) is 58.7 Å². The molecule has 0 radical (unpaired) electrons. The molecule has 0 aliphatic rings. The molecule has 45 heavy (non-hydrogen) atoms. The summed E-state index contributed by atoms with van der Waals surface area (Å²) in [7, 11) is 0. The van der Waals surface area contributed by atoms with E-state index in [1.165, 1.54) is 164 Å². The van der Waals surface area contributed by atoms with Crippen LogP contribution in [0.25, 0.3) is 0 Å². The van der Waals surface area contributed by atoms with Gasteiger partial charge >= 0.3 is 0 Å². The van der Waals surface area contributed by atoms with Crippen molar-refractivity contribution in [2.75, 3.05) is 0 Å². The Hall–Kier alpha value is -1.73. The fourth-order valence-corrected chi connectivity index (χ4v) is 6.14. The summed E-state index contributed by atoms with van der Waals surface area (Å²) >= 11 is 0. The molecule has 0 bridgehead atoms. The number of hydrogen-bond acceptors (Lipinski definition) is 2. The third kappa shape index (κ3) is 18.3. The van der Waals surface area contributed by atoms with Crippen LogP contribution in [0.2, 0.25) is 0 Å². The van der Waals surface area contributed by atoms with Gasteiger partial charge in [-0.05, 0) is 111 Å². The predicted molar refractivity (Wildman–Crippen MR) is 199 cm³/mol. The molecule has 2 aromatic rings. The Kier molecular flexibility index (Phi) is 25.1. The van der Waals surface area contributed by atoms with Gasteiger partial charge in [-0.15, -0.1) is 0 Å². The van der Waals surface area contributed by atoms with Crippen LogP contribution in [0.1, 0.15) is 179 Å². The third-order valence-corrected chi connectivity index (χ3v) is 9.00. The fourth-order valence-electron chi connectivity index (χ4n) is 6.14. The number of nitrogens with zero attached hydrogens (tertiary/aromatic N) is 2. The molecule has 0 aliphatic carbocycles. The first-order valence-electron chi connectivity index (χ1n) is 19.0. The minimum absolute atomic E-state index is 0. The second-order valence-electron chi connectivity index (χ2n) is 13.1. The van der Waals surface area contributed by atoms with Crippen LogP contribution in [0.3, 0.4) is 0 Å². The minimum Gasteiger partial charge on any atom is -0.255 e. The Morgan fingerprint density at radius 3 is 1.38 bits per heavy atom. The second-order valence-corrected chi connectivity index (χ2v) is 13.1. The standard InChI is InChI=1S/C42H68N2.Ni/c1-6-11-16-17-18-23-28-42(44-41-32-30-37(25-20-13-8-3)39(34-41)27-22-15-10-5)35-43-40-31-29-36(24-19-12-7-2)38(33-40)26-21-14-9-4;/h29-35H,6-28H2,1-5H3;. The average molecular weight is 660 g/mol. The summed E-state index contributed by atoms with van der Waals surface area (Å²) < 4.78 is 0. The van der Waals surface area contributed by atoms with E-state index in [0.717, 1.165) is 23.5 Å². The van der Waals surface area contributed by atoms with Crippen molar-refractivity contribution in [2.45, 2.75) is 182 Å². The Morgan fingerprint density at radius 1 is 0.467 bits per heavy atom. The van der Waals surface area contributed by atoms with Gasteiger partial charge in [0.2, 0.25) is 0 Å². The van der Waals surface area contributed by atoms with Gasteiger partial charge in [-0.25, -0.2) is 0 Å². The third-order valence-electron chi connectivity index (χ3n) is 9.00. The van der Waals surface area contributed by atoms with E-state index in [2.05, 4.69) is 77.2 Å². The van der Waals surface area contributed by atoms with Crippen LogP contribution in [0.5, 0.6) is 0 Å². The average Bonchev–Trinajstić information content (AvgIpc) is 3.03. The molecule has 0 N–H and O–H groups in total. The molecular weight excluding hydrogens is 591 g/mol. The maximum Gasteiger partial charge on any atom is 0.0636 e. The minimum atomic E-state index is 0. The molecular formula is C42H68N2Ni. The van der Waals surface area contributed by atoms with Gasteiger partial charge in [0.25, 0.3) is 0 Å². The van der Waals surface area contributed by atoms with Gasteiger partial charge in [0.05, 0.1) is 17.1 Å². The van der Waals surface area contributed by atoms with E-state index >= 15 is 0 Å². The molecule has 0 aliphatic heterocycles. The van der Waals surface area contributed by atoms with Gasteiger partial charge in [-0.1, -0.05) is 130 Å². The Labute approximate surface area is 289 Å². The molecule has 2 aromatic carbocycles. The summed E-state index contributed by atoms with van der Waals surface area (Å²) in [4.78, 5) is 10.3. The quantitative estimate of drug-likeness (QED) is 0.0546. The van der Waals surface area contributed by atoms with E-state index in [0.29, 0.717) is 0 Å². The van der Waals surface area contributed by atoms with Gasteiger partial charge in [-0.2, -0.15) is 0 Å². The van der Waals surface area contributed by atoms with Crippen LogP contribution < -0.4 is 0 Å². The Bertz CT molecular complexity index is 1070. The van der Waals surface area contributed by atoms with Crippen LogP contribution in [-0.2, 0) is 42.2 Å².